The molecule has 0 spiro atoms. The van der Waals surface area contributed by atoms with Gasteiger partial charge in [0.25, 0.3) is 0 Å². The number of nitrogens with zero attached hydrogens (tertiary/aromatic N) is 1. The van der Waals surface area contributed by atoms with Crippen molar-refractivity contribution in [2.24, 2.45) is 5.73 Å². The predicted octanol–water partition coefficient (Wildman–Crippen LogP) is 1.38. The second kappa shape index (κ2) is 5.27. The summed E-state index contributed by atoms with van der Waals surface area (Å²) in [6, 6.07) is 4.50. The predicted molar refractivity (Wildman–Crippen MR) is 69.0 cm³/mol. The van der Waals surface area contributed by atoms with Crippen molar-refractivity contribution in [3.8, 4) is 5.75 Å². The second-order valence-corrected chi connectivity index (χ2v) is 4.44. The fraction of sp³-hybridized carbons (Fsp3) is 0.462. The molecular formula is C13H18N2O3. The molecule has 5 heteroatoms. The smallest absolute Gasteiger partial charge is 0.325 e. The first kappa shape index (κ1) is 12.7. The van der Waals surface area contributed by atoms with Crippen LogP contribution in [0.25, 0.3) is 0 Å². The summed E-state index contributed by atoms with van der Waals surface area (Å²) in [6.07, 6.45) is 2.35. The van der Waals surface area contributed by atoms with E-state index < -0.39 is 12.0 Å². The number of hydrogen-bond donors (Lipinski definition) is 2. The van der Waals surface area contributed by atoms with Gasteiger partial charge in [0.15, 0.2) is 0 Å². The molecule has 1 heterocycles. The van der Waals surface area contributed by atoms with Crippen LogP contribution in [-0.2, 0) is 4.79 Å². The Balaban J connectivity index is 2.35. The van der Waals surface area contributed by atoms with Gasteiger partial charge in [0.1, 0.15) is 11.8 Å². The van der Waals surface area contributed by atoms with E-state index in [2.05, 4.69) is 4.90 Å². The Morgan fingerprint density at radius 3 is 2.67 bits per heavy atom. The van der Waals surface area contributed by atoms with Crippen molar-refractivity contribution < 1.29 is 14.6 Å². The normalized spacial score (nSPS) is 16.7. The van der Waals surface area contributed by atoms with E-state index in [0.717, 1.165) is 18.8 Å². The van der Waals surface area contributed by atoms with E-state index in [1.54, 1.807) is 6.07 Å². The van der Waals surface area contributed by atoms with E-state index >= 15 is 0 Å². The standard InChI is InChI=1S/C13H18N2O3/c1-18-11-5-4-9(15-6-2-3-7-15)8-10(11)12(14)13(16)17/h4-5,8,12H,2-3,6-7,14H2,1H3,(H,16,17). The number of methoxy groups -OCH3 is 1. The quantitative estimate of drug-likeness (QED) is 0.844. The molecule has 1 aromatic carbocycles. The van der Waals surface area contributed by atoms with Crippen LogP contribution < -0.4 is 15.4 Å². The van der Waals surface area contributed by atoms with Gasteiger partial charge in [-0.2, -0.15) is 0 Å². The first-order chi connectivity index (χ1) is 8.63. The summed E-state index contributed by atoms with van der Waals surface area (Å²) in [5.41, 5.74) is 7.22. The molecule has 98 valence electrons. The Hall–Kier alpha value is -1.75. The van der Waals surface area contributed by atoms with Crippen molar-refractivity contribution in [2.75, 3.05) is 25.1 Å². The molecule has 0 bridgehead atoms. The van der Waals surface area contributed by atoms with Crippen LogP contribution in [-0.4, -0.2) is 31.3 Å². The number of benzene rings is 1. The minimum atomic E-state index is -1.05. The largest absolute Gasteiger partial charge is 0.496 e. The fourth-order valence-corrected chi connectivity index (χ4v) is 2.27. The molecule has 1 saturated heterocycles. The molecule has 0 radical (unpaired) electrons. The number of carbonyl (C=O) groups is 1. The number of rotatable bonds is 4. The number of carboxylic acid groups (broad SMARTS) is 1. The molecule has 1 aromatic rings. The maximum atomic E-state index is 11.0. The lowest BCUT2D eigenvalue weighted by Gasteiger charge is -2.20. The zero-order chi connectivity index (χ0) is 13.1. The Morgan fingerprint density at radius 1 is 1.44 bits per heavy atom. The first-order valence-electron chi connectivity index (χ1n) is 6.04. The minimum Gasteiger partial charge on any atom is -0.496 e. The molecule has 2 rings (SSSR count). The van der Waals surface area contributed by atoms with Crippen molar-refractivity contribution in [2.45, 2.75) is 18.9 Å². The number of hydrogen-bond acceptors (Lipinski definition) is 4. The highest BCUT2D eigenvalue weighted by atomic mass is 16.5. The molecule has 0 amide bonds. The van der Waals surface area contributed by atoms with Crippen molar-refractivity contribution in [1.29, 1.82) is 0 Å². The van der Waals surface area contributed by atoms with Gasteiger partial charge in [-0.15, -0.1) is 0 Å². The topological polar surface area (TPSA) is 75.8 Å². The number of anilines is 1. The fourth-order valence-electron chi connectivity index (χ4n) is 2.27. The lowest BCUT2D eigenvalue weighted by molar-refractivity contribution is -0.138. The third-order valence-electron chi connectivity index (χ3n) is 3.29. The van der Waals surface area contributed by atoms with Crippen LogP contribution in [0.1, 0.15) is 24.4 Å². The molecule has 0 aromatic heterocycles. The third kappa shape index (κ3) is 2.41. The number of ether oxygens (including phenoxy) is 1. The summed E-state index contributed by atoms with van der Waals surface area (Å²) in [5, 5.41) is 9.02. The molecule has 1 atom stereocenters. The maximum Gasteiger partial charge on any atom is 0.325 e. The summed E-state index contributed by atoms with van der Waals surface area (Å²) in [7, 11) is 1.52. The van der Waals surface area contributed by atoms with E-state index in [1.165, 1.54) is 20.0 Å². The zero-order valence-corrected chi connectivity index (χ0v) is 10.4. The lowest BCUT2D eigenvalue weighted by atomic mass is 10.1. The molecular weight excluding hydrogens is 232 g/mol. The molecule has 18 heavy (non-hydrogen) atoms. The maximum absolute atomic E-state index is 11.0. The van der Waals surface area contributed by atoms with Crippen LogP contribution in [0.15, 0.2) is 18.2 Å². The molecule has 1 aliphatic heterocycles. The van der Waals surface area contributed by atoms with Gasteiger partial charge in [0.05, 0.1) is 7.11 Å². The molecule has 1 fully saturated rings. The van der Waals surface area contributed by atoms with Crippen LogP contribution in [0.4, 0.5) is 5.69 Å². The zero-order valence-electron chi connectivity index (χ0n) is 10.4. The highest BCUT2D eigenvalue weighted by molar-refractivity contribution is 5.77. The van der Waals surface area contributed by atoms with Crippen LogP contribution >= 0.6 is 0 Å². The Morgan fingerprint density at radius 2 is 2.11 bits per heavy atom. The summed E-state index contributed by atoms with van der Waals surface area (Å²) >= 11 is 0. The molecule has 5 nitrogen and oxygen atoms in total. The van der Waals surface area contributed by atoms with Crippen LogP contribution in [0.2, 0.25) is 0 Å². The minimum absolute atomic E-state index is 0.521. The Labute approximate surface area is 106 Å². The number of carboxylic acids is 1. The van der Waals surface area contributed by atoms with Crippen molar-refractivity contribution >= 4 is 11.7 Å². The summed E-state index contributed by atoms with van der Waals surface area (Å²) in [6.45, 7) is 2.02. The van der Waals surface area contributed by atoms with Gasteiger partial charge in [-0.25, -0.2) is 0 Å². The van der Waals surface area contributed by atoms with Crippen LogP contribution in [0, 0.1) is 0 Å². The molecule has 1 aliphatic rings. The average Bonchev–Trinajstić information content (AvgIpc) is 2.90. The number of aliphatic carboxylic acids is 1. The van der Waals surface area contributed by atoms with E-state index in [9.17, 15) is 4.79 Å². The van der Waals surface area contributed by atoms with Gasteiger partial charge in [0, 0.05) is 24.3 Å². The molecule has 0 saturated carbocycles. The third-order valence-corrected chi connectivity index (χ3v) is 3.29. The van der Waals surface area contributed by atoms with E-state index in [1.807, 2.05) is 12.1 Å². The van der Waals surface area contributed by atoms with E-state index in [-0.39, 0.29) is 0 Å². The highest BCUT2D eigenvalue weighted by Gasteiger charge is 2.21. The summed E-state index contributed by atoms with van der Waals surface area (Å²) < 4.78 is 5.17. The summed E-state index contributed by atoms with van der Waals surface area (Å²) in [4.78, 5) is 13.2. The first-order valence-corrected chi connectivity index (χ1v) is 6.04. The van der Waals surface area contributed by atoms with Crippen molar-refractivity contribution in [3.63, 3.8) is 0 Å². The van der Waals surface area contributed by atoms with Gasteiger partial charge in [-0.05, 0) is 31.0 Å². The average molecular weight is 250 g/mol. The highest BCUT2D eigenvalue weighted by Crippen LogP contribution is 2.30. The van der Waals surface area contributed by atoms with Crippen molar-refractivity contribution in [1.82, 2.24) is 0 Å². The summed E-state index contributed by atoms with van der Waals surface area (Å²) in [5.74, 6) is -0.528. The van der Waals surface area contributed by atoms with Gasteiger partial charge in [0.2, 0.25) is 0 Å². The Kier molecular flexibility index (Phi) is 3.72. The lowest BCUT2D eigenvalue weighted by Crippen LogP contribution is -2.23. The van der Waals surface area contributed by atoms with E-state index in [0.29, 0.717) is 11.3 Å². The van der Waals surface area contributed by atoms with Gasteiger partial charge in [-0.3, -0.25) is 4.79 Å². The Bertz CT molecular complexity index is 442. The van der Waals surface area contributed by atoms with Gasteiger partial charge < -0.3 is 20.5 Å². The van der Waals surface area contributed by atoms with Crippen LogP contribution in [0.5, 0.6) is 5.75 Å². The van der Waals surface area contributed by atoms with Crippen LogP contribution in [0.3, 0.4) is 0 Å². The number of nitrogens with two attached hydrogens (primary N) is 1. The van der Waals surface area contributed by atoms with E-state index in [4.69, 9.17) is 15.6 Å². The second-order valence-electron chi connectivity index (χ2n) is 4.44. The molecule has 3 N–H and O–H groups in total. The molecule has 1 unspecified atom stereocenters. The SMILES string of the molecule is COc1ccc(N2CCCC2)cc1C(N)C(=O)O. The van der Waals surface area contributed by atoms with Crippen molar-refractivity contribution in [3.05, 3.63) is 23.8 Å². The monoisotopic (exact) mass is 250 g/mol. The van der Waals surface area contributed by atoms with Gasteiger partial charge in [-0.1, -0.05) is 0 Å². The van der Waals surface area contributed by atoms with Gasteiger partial charge >= 0.3 is 5.97 Å². The molecule has 0 aliphatic carbocycles.